The van der Waals surface area contributed by atoms with E-state index in [0.29, 0.717) is 17.9 Å². The molecule has 104 valence electrons. The predicted molar refractivity (Wildman–Crippen MR) is 78.1 cm³/mol. The van der Waals surface area contributed by atoms with Crippen molar-refractivity contribution in [1.82, 2.24) is 15.1 Å². The van der Waals surface area contributed by atoms with Crippen molar-refractivity contribution in [2.75, 3.05) is 6.54 Å². The summed E-state index contributed by atoms with van der Waals surface area (Å²) in [6, 6.07) is 0.545. The zero-order valence-electron chi connectivity index (χ0n) is 12.4. The van der Waals surface area contributed by atoms with Crippen LogP contribution in [0.1, 0.15) is 39.0 Å². The molecule has 4 heteroatoms. The van der Waals surface area contributed by atoms with Gasteiger partial charge in [-0.2, -0.15) is 5.10 Å². The van der Waals surface area contributed by atoms with E-state index in [9.17, 15) is 0 Å². The van der Waals surface area contributed by atoms with Crippen LogP contribution in [0.2, 0.25) is 5.15 Å². The molecule has 0 radical (unpaired) electrons. The Morgan fingerprint density at radius 3 is 2.28 bits per heavy atom. The summed E-state index contributed by atoms with van der Waals surface area (Å²) in [5, 5.41) is 8.64. The summed E-state index contributed by atoms with van der Waals surface area (Å²) in [7, 11) is 1.90. The van der Waals surface area contributed by atoms with Gasteiger partial charge in [-0.05, 0) is 31.7 Å². The molecule has 0 aliphatic heterocycles. The number of hydrogen-bond acceptors (Lipinski definition) is 2. The van der Waals surface area contributed by atoms with Crippen molar-refractivity contribution < 1.29 is 0 Å². The smallest absolute Gasteiger partial charge is 0.130 e. The van der Waals surface area contributed by atoms with Crippen molar-refractivity contribution in [2.24, 2.45) is 18.9 Å². The number of halogens is 1. The molecular weight excluding hydrogens is 246 g/mol. The molecule has 3 nitrogen and oxygen atoms in total. The van der Waals surface area contributed by atoms with Crippen LogP contribution in [-0.2, 0) is 13.5 Å². The fraction of sp³-hybridized carbons (Fsp3) is 0.786. The standard InChI is InChI=1S/C14H26ClN3/c1-9(2)16-8-11(4)10(3)7-13-12(5)17-18(6)14(13)15/h9-11,16H,7-8H2,1-6H3. The number of nitrogens with one attached hydrogen (secondary N) is 1. The molecular formula is C14H26ClN3. The molecule has 1 heterocycles. The summed E-state index contributed by atoms with van der Waals surface area (Å²) in [6.07, 6.45) is 0.999. The number of aryl methyl sites for hydroxylation is 2. The maximum absolute atomic E-state index is 6.28. The molecule has 0 aromatic carbocycles. The van der Waals surface area contributed by atoms with Gasteiger partial charge in [0.05, 0.1) is 5.69 Å². The van der Waals surface area contributed by atoms with Gasteiger partial charge in [-0.25, -0.2) is 0 Å². The van der Waals surface area contributed by atoms with Gasteiger partial charge in [-0.15, -0.1) is 0 Å². The SMILES string of the molecule is Cc1nn(C)c(Cl)c1CC(C)C(C)CNC(C)C. The zero-order valence-corrected chi connectivity index (χ0v) is 13.2. The van der Waals surface area contributed by atoms with Crippen molar-refractivity contribution in [1.29, 1.82) is 0 Å². The van der Waals surface area contributed by atoms with Gasteiger partial charge < -0.3 is 5.32 Å². The van der Waals surface area contributed by atoms with E-state index in [-0.39, 0.29) is 0 Å². The van der Waals surface area contributed by atoms with Crippen molar-refractivity contribution in [2.45, 2.75) is 47.1 Å². The molecule has 0 aliphatic rings. The highest BCUT2D eigenvalue weighted by molar-refractivity contribution is 6.30. The van der Waals surface area contributed by atoms with E-state index >= 15 is 0 Å². The lowest BCUT2D eigenvalue weighted by atomic mass is 9.89. The van der Waals surface area contributed by atoms with Gasteiger partial charge >= 0.3 is 0 Å². The van der Waals surface area contributed by atoms with Gasteiger partial charge in [-0.1, -0.05) is 39.3 Å². The van der Waals surface area contributed by atoms with Gasteiger partial charge in [-0.3, -0.25) is 4.68 Å². The Bertz CT molecular complexity index is 385. The van der Waals surface area contributed by atoms with Crippen LogP contribution in [0.15, 0.2) is 0 Å². The Morgan fingerprint density at radius 1 is 1.22 bits per heavy atom. The molecule has 0 saturated heterocycles. The third kappa shape index (κ3) is 3.99. The van der Waals surface area contributed by atoms with Crippen molar-refractivity contribution in [3.8, 4) is 0 Å². The van der Waals surface area contributed by atoms with Gasteiger partial charge in [0.25, 0.3) is 0 Å². The van der Waals surface area contributed by atoms with E-state index in [0.717, 1.165) is 23.8 Å². The van der Waals surface area contributed by atoms with Crippen LogP contribution in [0.3, 0.4) is 0 Å². The molecule has 0 saturated carbocycles. The average molecular weight is 272 g/mol. The maximum atomic E-state index is 6.28. The number of nitrogens with zero attached hydrogens (tertiary/aromatic N) is 2. The number of aromatic nitrogens is 2. The molecule has 2 atom stereocenters. The van der Waals surface area contributed by atoms with E-state index in [1.165, 1.54) is 5.56 Å². The lowest BCUT2D eigenvalue weighted by Gasteiger charge is -2.21. The van der Waals surface area contributed by atoms with E-state index in [1.54, 1.807) is 4.68 Å². The summed E-state index contributed by atoms with van der Waals surface area (Å²) in [5.74, 6) is 1.22. The third-order valence-electron chi connectivity index (χ3n) is 3.62. The Kier molecular flexibility index (Phi) is 5.67. The van der Waals surface area contributed by atoms with Crippen LogP contribution in [0.25, 0.3) is 0 Å². The molecule has 0 fully saturated rings. The predicted octanol–water partition coefficient (Wildman–Crippen LogP) is 3.19. The summed E-state index contributed by atoms with van der Waals surface area (Å²) < 4.78 is 1.76. The van der Waals surface area contributed by atoms with Gasteiger partial charge in [0.2, 0.25) is 0 Å². The monoisotopic (exact) mass is 271 g/mol. The highest BCUT2D eigenvalue weighted by Crippen LogP contribution is 2.25. The number of hydrogen-bond donors (Lipinski definition) is 1. The average Bonchev–Trinajstić information content (AvgIpc) is 2.52. The quantitative estimate of drug-likeness (QED) is 0.861. The molecule has 0 spiro atoms. The summed E-state index contributed by atoms with van der Waals surface area (Å²) >= 11 is 6.28. The second kappa shape index (κ2) is 6.58. The molecule has 1 rings (SSSR count). The van der Waals surface area contributed by atoms with E-state index in [4.69, 9.17) is 11.6 Å². The molecule has 18 heavy (non-hydrogen) atoms. The van der Waals surface area contributed by atoms with Gasteiger partial charge in [0.15, 0.2) is 0 Å². The first-order chi connectivity index (χ1) is 8.32. The summed E-state index contributed by atoms with van der Waals surface area (Å²) in [6.45, 7) is 12.0. The fourth-order valence-electron chi connectivity index (χ4n) is 2.05. The number of rotatable bonds is 6. The second-order valence-corrected chi connectivity index (χ2v) is 6.06. The van der Waals surface area contributed by atoms with Crippen molar-refractivity contribution in [3.05, 3.63) is 16.4 Å². The van der Waals surface area contributed by atoms with E-state index < -0.39 is 0 Å². The van der Waals surface area contributed by atoms with Gasteiger partial charge in [0, 0.05) is 18.7 Å². The molecule has 0 aliphatic carbocycles. The molecule has 1 aromatic rings. The molecule has 0 amide bonds. The Labute approximate surface area is 116 Å². The first-order valence-corrected chi connectivity index (χ1v) is 7.12. The van der Waals surface area contributed by atoms with Crippen LogP contribution in [0, 0.1) is 18.8 Å². The van der Waals surface area contributed by atoms with E-state index in [2.05, 4.69) is 38.1 Å². The second-order valence-electron chi connectivity index (χ2n) is 5.70. The summed E-state index contributed by atoms with van der Waals surface area (Å²) in [5.41, 5.74) is 2.25. The Morgan fingerprint density at radius 2 is 1.83 bits per heavy atom. The highest BCUT2D eigenvalue weighted by Gasteiger charge is 2.18. The largest absolute Gasteiger partial charge is 0.314 e. The minimum absolute atomic E-state index is 0.545. The third-order valence-corrected chi connectivity index (χ3v) is 4.09. The minimum atomic E-state index is 0.545. The zero-order chi connectivity index (χ0) is 13.9. The van der Waals surface area contributed by atoms with E-state index in [1.807, 2.05) is 14.0 Å². The highest BCUT2D eigenvalue weighted by atomic mass is 35.5. The maximum Gasteiger partial charge on any atom is 0.130 e. The van der Waals surface area contributed by atoms with Gasteiger partial charge in [0.1, 0.15) is 5.15 Å². The normalized spacial score (nSPS) is 15.1. The lowest BCUT2D eigenvalue weighted by Crippen LogP contribution is -2.31. The van der Waals surface area contributed by atoms with Crippen LogP contribution in [0.4, 0.5) is 0 Å². The molecule has 2 unspecified atom stereocenters. The van der Waals surface area contributed by atoms with Crippen LogP contribution in [0.5, 0.6) is 0 Å². The van der Waals surface area contributed by atoms with Crippen molar-refractivity contribution in [3.63, 3.8) is 0 Å². The minimum Gasteiger partial charge on any atom is -0.314 e. The first-order valence-electron chi connectivity index (χ1n) is 6.74. The fourth-order valence-corrected chi connectivity index (χ4v) is 2.30. The molecule has 0 bridgehead atoms. The topological polar surface area (TPSA) is 29.9 Å². The molecule has 1 N–H and O–H groups in total. The Hall–Kier alpha value is -0.540. The van der Waals surface area contributed by atoms with Crippen LogP contribution < -0.4 is 5.32 Å². The van der Waals surface area contributed by atoms with Crippen molar-refractivity contribution >= 4 is 11.6 Å². The lowest BCUT2D eigenvalue weighted by molar-refractivity contribution is 0.354. The summed E-state index contributed by atoms with van der Waals surface area (Å²) in [4.78, 5) is 0. The van der Waals surface area contributed by atoms with Crippen LogP contribution >= 0.6 is 11.6 Å². The molecule has 1 aromatic heterocycles. The Balaban J connectivity index is 2.61. The first kappa shape index (κ1) is 15.5. The van der Waals surface area contributed by atoms with Crippen LogP contribution in [-0.4, -0.2) is 22.4 Å².